The Kier molecular flexibility index (Phi) is 5.68. The van der Waals surface area contributed by atoms with Crippen molar-refractivity contribution in [3.63, 3.8) is 0 Å². The zero-order valence-electron chi connectivity index (χ0n) is 12.8. The number of hydrogen-bond donors (Lipinski definition) is 1. The molecule has 1 aliphatic rings. The Morgan fingerprint density at radius 1 is 1.05 bits per heavy atom. The first kappa shape index (κ1) is 16.3. The van der Waals surface area contributed by atoms with E-state index >= 15 is 0 Å². The first-order chi connectivity index (χ1) is 10.0. The van der Waals surface area contributed by atoms with Crippen molar-refractivity contribution < 1.29 is 13.2 Å². The van der Waals surface area contributed by atoms with E-state index in [4.69, 9.17) is 0 Å². The molecule has 0 spiro atoms. The largest absolute Gasteiger partial charge is 0.314 e. The van der Waals surface area contributed by atoms with Crippen LogP contribution >= 0.6 is 0 Å². The highest BCUT2D eigenvalue weighted by Gasteiger charge is 2.29. The van der Waals surface area contributed by atoms with Crippen molar-refractivity contribution in [3.8, 4) is 0 Å². The van der Waals surface area contributed by atoms with Crippen molar-refractivity contribution in [2.24, 2.45) is 5.92 Å². The fraction of sp³-hybridized carbons (Fsp3) is 0.647. The first-order valence-electron chi connectivity index (χ1n) is 7.87. The average molecular weight is 299 g/mol. The van der Waals surface area contributed by atoms with Crippen LogP contribution < -0.4 is 5.32 Å². The van der Waals surface area contributed by atoms with Crippen LogP contribution in [0.4, 0.5) is 13.2 Å². The van der Waals surface area contributed by atoms with Crippen LogP contribution in [0.3, 0.4) is 0 Å². The zero-order chi connectivity index (χ0) is 15.4. The van der Waals surface area contributed by atoms with Gasteiger partial charge in [-0.05, 0) is 42.9 Å². The fourth-order valence-corrected chi connectivity index (χ4v) is 3.25. The van der Waals surface area contributed by atoms with Crippen LogP contribution in [0.15, 0.2) is 12.1 Å². The van der Waals surface area contributed by atoms with Gasteiger partial charge in [-0.25, -0.2) is 13.2 Å². The zero-order valence-corrected chi connectivity index (χ0v) is 12.8. The maximum absolute atomic E-state index is 14.1. The van der Waals surface area contributed by atoms with Crippen molar-refractivity contribution in [2.75, 3.05) is 6.54 Å². The lowest BCUT2D eigenvalue weighted by atomic mass is 9.82. The summed E-state index contributed by atoms with van der Waals surface area (Å²) in [4.78, 5) is 0. The summed E-state index contributed by atoms with van der Waals surface area (Å²) in [5.74, 6) is -3.21. The van der Waals surface area contributed by atoms with E-state index in [0.29, 0.717) is 11.6 Å². The lowest BCUT2D eigenvalue weighted by Crippen LogP contribution is -2.32. The van der Waals surface area contributed by atoms with Crippen molar-refractivity contribution in [1.82, 2.24) is 5.32 Å². The van der Waals surface area contributed by atoms with E-state index in [-0.39, 0.29) is 11.8 Å². The van der Waals surface area contributed by atoms with Gasteiger partial charge in [0.15, 0.2) is 17.5 Å². The van der Waals surface area contributed by atoms with Gasteiger partial charge in [-0.3, -0.25) is 0 Å². The van der Waals surface area contributed by atoms with Crippen LogP contribution in [-0.4, -0.2) is 12.6 Å². The molecule has 2 atom stereocenters. The summed E-state index contributed by atoms with van der Waals surface area (Å²) >= 11 is 0. The van der Waals surface area contributed by atoms with Crippen molar-refractivity contribution in [2.45, 2.75) is 57.9 Å². The Morgan fingerprint density at radius 3 is 2.48 bits per heavy atom. The van der Waals surface area contributed by atoms with Crippen LogP contribution in [0.1, 0.15) is 57.4 Å². The van der Waals surface area contributed by atoms with Gasteiger partial charge in [0.25, 0.3) is 0 Å². The lowest BCUT2D eigenvalue weighted by Gasteiger charge is -2.27. The molecule has 1 aliphatic carbocycles. The Hall–Kier alpha value is -1.03. The number of nitrogens with one attached hydrogen (secondary N) is 1. The van der Waals surface area contributed by atoms with Gasteiger partial charge < -0.3 is 5.32 Å². The third-order valence-electron chi connectivity index (χ3n) is 4.41. The summed E-state index contributed by atoms with van der Waals surface area (Å²) in [6.07, 6.45) is 5.10. The van der Waals surface area contributed by atoms with E-state index in [0.717, 1.165) is 44.7 Å². The summed E-state index contributed by atoms with van der Waals surface area (Å²) in [7, 11) is 0. The summed E-state index contributed by atoms with van der Waals surface area (Å²) in [5.41, 5.74) is 0.339. The Bertz CT molecular complexity index is 473. The second kappa shape index (κ2) is 7.30. The predicted octanol–water partition coefficient (Wildman–Crippen LogP) is 4.77. The normalized spacial score (nSPS) is 23.3. The molecule has 1 N–H and O–H groups in total. The molecule has 0 aliphatic heterocycles. The topological polar surface area (TPSA) is 12.0 Å². The molecular weight excluding hydrogens is 275 g/mol. The molecule has 1 fully saturated rings. The second-order valence-corrected chi connectivity index (χ2v) is 6.33. The standard InChI is InChI=1S/C17H24F3N/c1-11(2)21-10-12-6-4-3-5-7-13(12)14-8-9-15(18)17(20)16(14)19/h8-9,11-13,21H,3-7,10H2,1-2H3. The quantitative estimate of drug-likeness (QED) is 0.624. The van der Waals surface area contributed by atoms with Crippen molar-refractivity contribution in [1.29, 1.82) is 0 Å². The third-order valence-corrected chi connectivity index (χ3v) is 4.41. The molecule has 0 saturated heterocycles. The highest BCUT2D eigenvalue weighted by Crippen LogP contribution is 2.38. The van der Waals surface area contributed by atoms with Crippen LogP contribution in [0, 0.1) is 23.4 Å². The Morgan fingerprint density at radius 2 is 1.76 bits per heavy atom. The van der Waals surface area contributed by atoms with E-state index < -0.39 is 17.5 Å². The van der Waals surface area contributed by atoms with Crippen molar-refractivity contribution in [3.05, 3.63) is 35.1 Å². The van der Waals surface area contributed by atoms with Gasteiger partial charge >= 0.3 is 0 Å². The minimum absolute atomic E-state index is 0.0335. The van der Waals surface area contributed by atoms with Gasteiger partial charge in [0.2, 0.25) is 0 Å². The van der Waals surface area contributed by atoms with E-state index in [1.54, 1.807) is 0 Å². The van der Waals surface area contributed by atoms with Gasteiger partial charge in [0, 0.05) is 6.04 Å². The molecule has 0 radical (unpaired) electrons. The molecule has 2 unspecified atom stereocenters. The number of rotatable bonds is 4. The first-order valence-corrected chi connectivity index (χ1v) is 7.87. The molecular formula is C17H24F3N. The smallest absolute Gasteiger partial charge is 0.194 e. The molecule has 0 amide bonds. The summed E-state index contributed by atoms with van der Waals surface area (Å²) in [6, 6.07) is 2.83. The average Bonchev–Trinajstić information content (AvgIpc) is 2.68. The minimum atomic E-state index is -1.34. The van der Waals surface area contributed by atoms with E-state index in [1.807, 2.05) is 0 Å². The second-order valence-electron chi connectivity index (χ2n) is 6.33. The molecule has 0 heterocycles. The molecule has 2 rings (SSSR count). The van der Waals surface area contributed by atoms with Gasteiger partial charge in [-0.2, -0.15) is 0 Å². The number of hydrogen-bond acceptors (Lipinski definition) is 1. The maximum Gasteiger partial charge on any atom is 0.194 e. The Labute approximate surface area is 124 Å². The molecule has 1 nitrogen and oxygen atoms in total. The predicted molar refractivity (Wildman–Crippen MR) is 78.8 cm³/mol. The van der Waals surface area contributed by atoms with Gasteiger partial charge in [0.05, 0.1) is 0 Å². The number of halogens is 3. The lowest BCUT2D eigenvalue weighted by molar-refractivity contribution is 0.348. The monoisotopic (exact) mass is 299 g/mol. The highest BCUT2D eigenvalue weighted by molar-refractivity contribution is 5.25. The van der Waals surface area contributed by atoms with Crippen LogP contribution in [0.25, 0.3) is 0 Å². The van der Waals surface area contributed by atoms with Crippen LogP contribution in [-0.2, 0) is 0 Å². The molecule has 1 saturated carbocycles. The third kappa shape index (κ3) is 4.00. The molecule has 1 aromatic carbocycles. The highest BCUT2D eigenvalue weighted by atomic mass is 19.2. The van der Waals surface area contributed by atoms with Crippen LogP contribution in [0.2, 0.25) is 0 Å². The summed E-state index contributed by atoms with van der Waals surface area (Å²) in [6.45, 7) is 4.94. The number of benzene rings is 1. The molecule has 21 heavy (non-hydrogen) atoms. The van der Waals surface area contributed by atoms with Crippen LogP contribution in [0.5, 0.6) is 0 Å². The maximum atomic E-state index is 14.1. The molecule has 118 valence electrons. The van der Waals surface area contributed by atoms with Gasteiger partial charge in [0.1, 0.15) is 0 Å². The van der Waals surface area contributed by atoms with Gasteiger partial charge in [-0.15, -0.1) is 0 Å². The summed E-state index contributed by atoms with van der Waals surface area (Å²) in [5, 5.41) is 3.40. The summed E-state index contributed by atoms with van der Waals surface area (Å²) < 4.78 is 40.8. The van der Waals surface area contributed by atoms with E-state index in [1.165, 1.54) is 6.07 Å². The van der Waals surface area contributed by atoms with E-state index in [9.17, 15) is 13.2 Å². The van der Waals surface area contributed by atoms with Gasteiger partial charge in [-0.1, -0.05) is 39.2 Å². The van der Waals surface area contributed by atoms with E-state index in [2.05, 4.69) is 19.2 Å². The minimum Gasteiger partial charge on any atom is -0.314 e. The fourth-order valence-electron chi connectivity index (χ4n) is 3.25. The molecule has 0 bridgehead atoms. The molecule has 0 aromatic heterocycles. The van der Waals surface area contributed by atoms with Crippen molar-refractivity contribution >= 4 is 0 Å². The Balaban J connectivity index is 2.25. The SMILES string of the molecule is CC(C)NCC1CCCCCC1c1ccc(F)c(F)c1F. The molecule has 4 heteroatoms. The molecule has 1 aromatic rings.